The first-order chi connectivity index (χ1) is 13.8. The predicted molar refractivity (Wildman–Crippen MR) is 101 cm³/mol. The highest BCUT2D eigenvalue weighted by molar-refractivity contribution is 6.22. The van der Waals surface area contributed by atoms with E-state index in [0.29, 0.717) is 12.8 Å². The van der Waals surface area contributed by atoms with Gasteiger partial charge in [0.1, 0.15) is 11.6 Å². The first-order valence-corrected chi connectivity index (χ1v) is 9.65. The molecule has 0 bridgehead atoms. The van der Waals surface area contributed by atoms with Gasteiger partial charge in [-0.05, 0) is 43.7 Å². The molecule has 3 amide bonds. The number of carbonyl (C=O) groups excluding carboxylic acids is 4. The number of hydrogen-bond acceptors (Lipinski definition) is 6. The molecule has 2 aliphatic rings. The van der Waals surface area contributed by atoms with Crippen LogP contribution in [0.5, 0.6) is 0 Å². The van der Waals surface area contributed by atoms with Gasteiger partial charge < -0.3 is 10.1 Å². The van der Waals surface area contributed by atoms with Crippen molar-refractivity contribution in [3.63, 3.8) is 0 Å². The highest BCUT2D eigenvalue weighted by Crippen LogP contribution is 2.29. The fourth-order valence-corrected chi connectivity index (χ4v) is 3.90. The van der Waals surface area contributed by atoms with Gasteiger partial charge in [-0.1, -0.05) is 26.0 Å². The van der Waals surface area contributed by atoms with Crippen molar-refractivity contribution in [2.45, 2.75) is 51.1 Å². The van der Waals surface area contributed by atoms with Crippen LogP contribution in [0.4, 0.5) is 0 Å². The maximum atomic E-state index is 12.7. The molecule has 8 nitrogen and oxygen atoms in total. The van der Waals surface area contributed by atoms with Crippen LogP contribution in [0.3, 0.4) is 0 Å². The van der Waals surface area contributed by atoms with Crippen molar-refractivity contribution >= 4 is 23.7 Å². The first-order valence-electron chi connectivity index (χ1n) is 9.65. The third-order valence-electron chi connectivity index (χ3n) is 5.37. The second kappa shape index (κ2) is 8.03. The largest absolute Gasteiger partial charge is 0.454 e. The number of rotatable bonds is 6. The highest BCUT2D eigenvalue weighted by atomic mass is 16.5. The highest BCUT2D eigenvalue weighted by Gasteiger charge is 2.45. The SMILES string of the molecule is CC(C)C(C(=O)OCC(=O)NC1(C#N)CCCC1)N1C(=O)c2ccccc2C1=O. The Hall–Kier alpha value is -3.21. The molecule has 0 saturated heterocycles. The predicted octanol–water partition coefficient (Wildman–Crippen LogP) is 1.80. The van der Waals surface area contributed by atoms with Crippen molar-refractivity contribution < 1.29 is 23.9 Å². The molecule has 0 aromatic heterocycles. The smallest absolute Gasteiger partial charge is 0.330 e. The van der Waals surface area contributed by atoms with E-state index < -0.39 is 47.8 Å². The second-order valence-corrected chi connectivity index (χ2v) is 7.77. The Labute approximate surface area is 168 Å². The summed E-state index contributed by atoms with van der Waals surface area (Å²) >= 11 is 0. The van der Waals surface area contributed by atoms with Crippen molar-refractivity contribution in [1.82, 2.24) is 10.2 Å². The molecule has 0 radical (unpaired) electrons. The minimum atomic E-state index is -1.15. The third kappa shape index (κ3) is 3.86. The molecule has 1 aliphatic carbocycles. The topological polar surface area (TPSA) is 117 Å². The summed E-state index contributed by atoms with van der Waals surface area (Å²) in [5, 5.41) is 12.0. The maximum Gasteiger partial charge on any atom is 0.330 e. The number of carbonyl (C=O) groups is 4. The minimum Gasteiger partial charge on any atom is -0.454 e. The van der Waals surface area contributed by atoms with E-state index in [1.54, 1.807) is 26.0 Å². The van der Waals surface area contributed by atoms with E-state index in [1.165, 1.54) is 12.1 Å². The van der Waals surface area contributed by atoms with Gasteiger partial charge in [-0.25, -0.2) is 4.79 Å². The molecule has 1 unspecified atom stereocenters. The number of nitrogens with one attached hydrogen (secondary N) is 1. The molecular formula is C21H23N3O5. The van der Waals surface area contributed by atoms with Gasteiger partial charge in [0.2, 0.25) is 0 Å². The molecule has 152 valence electrons. The molecule has 1 heterocycles. The van der Waals surface area contributed by atoms with Gasteiger partial charge >= 0.3 is 5.97 Å². The standard InChI is InChI=1S/C21H23N3O5/c1-13(2)17(24-18(26)14-7-3-4-8-15(14)19(24)27)20(28)29-11-16(25)23-21(12-22)9-5-6-10-21/h3-4,7-8,13,17H,5-6,9-11H2,1-2H3,(H,23,25). The summed E-state index contributed by atoms with van der Waals surface area (Å²) in [6, 6.07) is 7.35. The van der Waals surface area contributed by atoms with Gasteiger partial charge in [0.25, 0.3) is 17.7 Å². The second-order valence-electron chi connectivity index (χ2n) is 7.77. The Balaban J connectivity index is 1.68. The summed E-state index contributed by atoms with van der Waals surface area (Å²) < 4.78 is 5.13. The van der Waals surface area contributed by atoms with Crippen LogP contribution in [0, 0.1) is 17.2 Å². The van der Waals surface area contributed by atoms with Gasteiger partial charge in [-0.15, -0.1) is 0 Å². The summed E-state index contributed by atoms with van der Waals surface area (Å²) in [6.45, 7) is 2.81. The number of benzene rings is 1. The van der Waals surface area contributed by atoms with Crippen LogP contribution >= 0.6 is 0 Å². The molecule has 1 N–H and O–H groups in total. The molecule has 1 fully saturated rings. The summed E-state index contributed by atoms with van der Waals surface area (Å²) in [6.07, 6.45) is 2.82. The lowest BCUT2D eigenvalue weighted by atomic mass is 10.00. The van der Waals surface area contributed by atoms with Crippen molar-refractivity contribution in [1.29, 1.82) is 5.26 Å². The van der Waals surface area contributed by atoms with Crippen LogP contribution < -0.4 is 5.32 Å². The van der Waals surface area contributed by atoms with Gasteiger partial charge in [-0.2, -0.15) is 5.26 Å². The van der Waals surface area contributed by atoms with Gasteiger partial charge in [-0.3, -0.25) is 19.3 Å². The molecule has 1 atom stereocenters. The van der Waals surface area contributed by atoms with Crippen LogP contribution in [-0.4, -0.2) is 46.8 Å². The molecule has 3 rings (SSSR count). The molecule has 1 aromatic carbocycles. The Morgan fingerprint density at radius 1 is 1.17 bits per heavy atom. The molecule has 0 spiro atoms. The quantitative estimate of drug-likeness (QED) is 0.578. The number of imide groups is 1. The van der Waals surface area contributed by atoms with Crippen LogP contribution in [0.1, 0.15) is 60.2 Å². The van der Waals surface area contributed by atoms with E-state index in [2.05, 4.69) is 11.4 Å². The van der Waals surface area contributed by atoms with Crippen LogP contribution in [0.15, 0.2) is 24.3 Å². The Morgan fingerprint density at radius 3 is 2.21 bits per heavy atom. The van der Waals surface area contributed by atoms with E-state index >= 15 is 0 Å². The number of hydrogen-bond donors (Lipinski definition) is 1. The maximum absolute atomic E-state index is 12.7. The zero-order chi connectivity index (χ0) is 21.2. The number of amides is 3. The van der Waals surface area contributed by atoms with Gasteiger partial charge in [0.05, 0.1) is 17.2 Å². The van der Waals surface area contributed by atoms with Crippen molar-refractivity contribution in [2.75, 3.05) is 6.61 Å². The molecular weight excluding hydrogens is 374 g/mol. The van der Waals surface area contributed by atoms with E-state index in [4.69, 9.17) is 4.74 Å². The summed E-state index contributed by atoms with van der Waals surface area (Å²) in [7, 11) is 0. The average Bonchev–Trinajstić information content (AvgIpc) is 3.26. The molecule has 1 aliphatic heterocycles. The van der Waals surface area contributed by atoms with E-state index in [0.717, 1.165) is 17.7 Å². The monoisotopic (exact) mass is 397 g/mol. The minimum absolute atomic E-state index is 0.242. The Bertz CT molecular complexity index is 861. The van der Waals surface area contributed by atoms with Gasteiger partial charge in [0.15, 0.2) is 6.61 Å². The van der Waals surface area contributed by atoms with Crippen molar-refractivity contribution in [3.05, 3.63) is 35.4 Å². The van der Waals surface area contributed by atoms with Crippen LogP contribution in [0.2, 0.25) is 0 Å². The lowest BCUT2D eigenvalue weighted by molar-refractivity contribution is -0.154. The summed E-state index contributed by atoms with van der Waals surface area (Å²) in [5.74, 6) is -2.93. The lowest BCUT2D eigenvalue weighted by Crippen LogP contribution is -2.50. The number of fused-ring (bicyclic) bond motifs is 1. The normalized spacial score (nSPS) is 18.3. The fraction of sp³-hybridized carbons (Fsp3) is 0.476. The summed E-state index contributed by atoms with van der Waals surface area (Å²) in [4.78, 5) is 51.2. The number of nitriles is 1. The molecule has 1 aromatic rings. The van der Waals surface area contributed by atoms with Crippen molar-refractivity contribution in [2.24, 2.45) is 5.92 Å². The lowest BCUT2D eigenvalue weighted by Gasteiger charge is -2.27. The average molecular weight is 397 g/mol. The molecule has 1 saturated carbocycles. The molecule has 8 heteroatoms. The first kappa shape index (κ1) is 20.5. The van der Waals surface area contributed by atoms with E-state index in [9.17, 15) is 24.4 Å². The number of esters is 1. The summed E-state index contributed by atoms with van der Waals surface area (Å²) in [5.41, 5.74) is -0.430. The number of nitrogens with zero attached hydrogens (tertiary/aromatic N) is 2. The van der Waals surface area contributed by atoms with E-state index in [-0.39, 0.29) is 11.1 Å². The van der Waals surface area contributed by atoms with Gasteiger partial charge in [0, 0.05) is 0 Å². The Kier molecular flexibility index (Phi) is 5.69. The van der Waals surface area contributed by atoms with Crippen LogP contribution in [-0.2, 0) is 14.3 Å². The zero-order valence-corrected chi connectivity index (χ0v) is 16.4. The molecule has 29 heavy (non-hydrogen) atoms. The van der Waals surface area contributed by atoms with E-state index in [1.807, 2.05) is 0 Å². The number of ether oxygens (including phenoxy) is 1. The van der Waals surface area contributed by atoms with Crippen molar-refractivity contribution in [3.8, 4) is 6.07 Å². The third-order valence-corrected chi connectivity index (χ3v) is 5.37. The van der Waals surface area contributed by atoms with Crippen LogP contribution in [0.25, 0.3) is 0 Å². The Morgan fingerprint density at radius 2 is 1.72 bits per heavy atom. The zero-order valence-electron chi connectivity index (χ0n) is 16.4. The fourth-order valence-electron chi connectivity index (χ4n) is 3.90.